The molecule has 0 amide bonds. The first-order valence-electron chi connectivity index (χ1n) is 7.49. The molecule has 2 fully saturated rings. The van der Waals surface area contributed by atoms with E-state index >= 15 is 0 Å². The van der Waals surface area contributed by atoms with Crippen LogP contribution in [0, 0.1) is 5.41 Å². The second kappa shape index (κ2) is 5.84. The first-order valence-corrected chi connectivity index (χ1v) is 8.25. The fraction of sp³-hybridized carbons (Fsp3) is 0.625. The maximum atomic E-state index is 6.26. The Labute approximate surface area is 131 Å². The SMILES string of the molecule is CCN1CC2(CCN(Cc3c(Cl)cccc3Cl)CC2)C1. The quantitative estimate of drug-likeness (QED) is 0.835. The van der Waals surface area contributed by atoms with E-state index in [-0.39, 0.29) is 0 Å². The molecule has 0 N–H and O–H groups in total. The molecule has 20 heavy (non-hydrogen) atoms. The van der Waals surface area contributed by atoms with Crippen LogP contribution >= 0.6 is 23.2 Å². The molecule has 110 valence electrons. The molecule has 0 saturated carbocycles. The molecule has 2 heterocycles. The van der Waals surface area contributed by atoms with Crippen LogP contribution in [-0.4, -0.2) is 42.5 Å². The molecule has 2 aliphatic rings. The number of likely N-dealkylation sites (tertiary alicyclic amines) is 2. The fourth-order valence-corrected chi connectivity index (χ4v) is 4.05. The van der Waals surface area contributed by atoms with Crippen molar-refractivity contribution in [3.63, 3.8) is 0 Å². The van der Waals surface area contributed by atoms with Crippen LogP contribution in [0.25, 0.3) is 0 Å². The molecule has 4 heteroatoms. The molecule has 2 saturated heterocycles. The molecule has 3 rings (SSSR count). The third-order valence-corrected chi connectivity index (χ3v) is 5.63. The molecule has 0 bridgehead atoms. The van der Waals surface area contributed by atoms with E-state index in [1.165, 1.54) is 45.6 Å². The van der Waals surface area contributed by atoms with Crippen molar-refractivity contribution in [3.8, 4) is 0 Å². The Balaban J connectivity index is 1.57. The Hall–Kier alpha value is -0.280. The highest BCUT2D eigenvalue weighted by atomic mass is 35.5. The molecule has 1 aromatic carbocycles. The van der Waals surface area contributed by atoms with Crippen molar-refractivity contribution in [1.29, 1.82) is 0 Å². The molecule has 1 aromatic rings. The molecule has 0 unspecified atom stereocenters. The van der Waals surface area contributed by atoms with Crippen LogP contribution in [0.1, 0.15) is 25.3 Å². The summed E-state index contributed by atoms with van der Waals surface area (Å²) in [4.78, 5) is 5.04. The van der Waals surface area contributed by atoms with Crippen molar-refractivity contribution in [3.05, 3.63) is 33.8 Å². The zero-order valence-corrected chi connectivity index (χ0v) is 13.6. The van der Waals surface area contributed by atoms with Gasteiger partial charge in [0, 0.05) is 35.2 Å². The zero-order chi connectivity index (χ0) is 14.2. The number of halogens is 2. The highest BCUT2D eigenvalue weighted by molar-refractivity contribution is 6.35. The Bertz CT molecular complexity index is 453. The molecular formula is C16H22Cl2N2. The maximum absolute atomic E-state index is 6.26. The maximum Gasteiger partial charge on any atom is 0.0465 e. The summed E-state index contributed by atoms with van der Waals surface area (Å²) in [5.41, 5.74) is 1.69. The number of nitrogens with zero attached hydrogens (tertiary/aromatic N) is 2. The first-order chi connectivity index (χ1) is 9.62. The van der Waals surface area contributed by atoms with E-state index in [0.717, 1.165) is 22.2 Å². The van der Waals surface area contributed by atoms with Gasteiger partial charge in [0.1, 0.15) is 0 Å². The second-order valence-corrected chi connectivity index (χ2v) is 7.09. The lowest BCUT2D eigenvalue weighted by Crippen LogP contribution is -2.59. The van der Waals surface area contributed by atoms with E-state index in [0.29, 0.717) is 5.41 Å². The molecule has 0 radical (unpaired) electrons. The van der Waals surface area contributed by atoms with Gasteiger partial charge in [-0.1, -0.05) is 36.2 Å². The summed E-state index contributed by atoms with van der Waals surface area (Å²) in [5.74, 6) is 0. The van der Waals surface area contributed by atoms with Gasteiger partial charge in [-0.05, 0) is 50.0 Å². The van der Waals surface area contributed by atoms with Gasteiger partial charge in [0.15, 0.2) is 0 Å². The summed E-state index contributed by atoms with van der Waals surface area (Å²) in [6, 6.07) is 5.77. The standard InChI is InChI=1S/C16H22Cl2N2/c1-2-19-11-16(12-19)6-8-20(9-7-16)10-13-14(17)4-3-5-15(13)18/h3-5H,2,6-12H2,1H3. The highest BCUT2D eigenvalue weighted by Crippen LogP contribution is 2.40. The highest BCUT2D eigenvalue weighted by Gasteiger charge is 2.43. The average Bonchev–Trinajstić information content (AvgIpc) is 2.41. The lowest BCUT2D eigenvalue weighted by atomic mass is 9.72. The van der Waals surface area contributed by atoms with Gasteiger partial charge >= 0.3 is 0 Å². The van der Waals surface area contributed by atoms with E-state index < -0.39 is 0 Å². The minimum atomic E-state index is 0.608. The van der Waals surface area contributed by atoms with Gasteiger partial charge in [-0.2, -0.15) is 0 Å². The lowest BCUT2D eigenvalue weighted by Gasteiger charge is -2.54. The first kappa shape index (κ1) is 14.6. The summed E-state index contributed by atoms with van der Waals surface area (Å²) in [5, 5.41) is 1.58. The van der Waals surface area contributed by atoms with E-state index in [1.54, 1.807) is 0 Å². The monoisotopic (exact) mass is 312 g/mol. The van der Waals surface area contributed by atoms with Crippen molar-refractivity contribution in [2.75, 3.05) is 32.7 Å². The number of hydrogen-bond donors (Lipinski definition) is 0. The molecule has 0 aromatic heterocycles. The van der Waals surface area contributed by atoms with Gasteiger partial charge in [-0.15, -0.1) is 0 Å². The molecule has 2 nitrogen and oxygen atoms in total. The predicted molar refractivity (Wildman–Crippen MR) is 85.5 cm³/mol. The van der Waals surface area contributed by atoms with Gasteiger partial charge in [0.2, 0.25) is 0 Å². The number of piperidine rings is 1. The van der Waals surface area contributed by atoms with Gasteiger partial charge in [0.05, 0.1) is 0 Å². The number of benzene rings is 1. The smallest absolute Gasteiger partial charge is 0.0465 e. The molecule has 1 spiro atoms. The van der Waals surface area contributed by atoms with Crippen LogP contribution in [0.15, 0.2) is 18.2 Å². The summed E-state index contributed by atoms with van der Waals surface area (Å²) >= 11 is 12.5. The minimum Gasteiger partial charge on any atom is -0.302 e. The number of rotatable bonds is 3. The largest absolute Gasteiger partial charge is 0.302 e. The third kappa shape index (κ3) is 2.85. The van der Waals surface area contributed by atoms with Crippen molar-refractivity contribution in [2.24, 2.45) is 5.41 Å². The lowest BCUT2D eigenvalue weighted by molar-refractivity contribution is -0.0447. The summed E-state index contributed by atoms with van der Waals surface area (Å²) in [6.07, 6.45) is 2.62. The predicted octanol–water partition coefficient (Wildman–Crippen LogP) is 3.91. The molecule has 2 aliphatic heterocycles. The van der Waals surface area contributed by atoms with Crippen LogP contribution in [-0.2, 0) is 6.54 Å². The van der Waals surface area contributed by atoms with Crippen LogP contribution in [0.3, 0.4) is 0 Å². The van der Waals surface area contributed by atoms with Gasteiger partial charge in [-0.25, -0.2) is 0 Å². The molecule has 0 aliphatic carbocycles. The van der Waals surface area contributed by atoms with E-state index in [2.05, 4.69) is 16.7 Å². The molecular weight excluding hydrogens is 291 g/mol. The average molecular weight is 313 g/mol. The van der Waals surface area contributed by atoms with E-state index in [4.69, 9.17) is 23.2 Å². The summed E-state index contributed by atoms with van der Waals surface area (Å²) in [7, 11) is 0. The van der Waals surface area contributed by atoms with Crippen LogP contribution in [0.2, 0.25) is 10.0 Å². The summed E-state index contributed by atoms with van der Waals surface area (Å²) < 4.78 is 0. The number of hydrogen-bond acceptors (Lipinski definition) is 2. The topological polar surface area (TPSA) is 6.48 Å². The van der Waals surface area contributed by atoms with Crippen molar-refractivity contribution >= 4 is 23.2 Å². The van der Waals surface area contributed by atoms with Crippen molar-refractivity contribution < 1.29 is 0 Å². The van der Waals surface area contributed by atoms with E-state index in [9.17, 15) is 0 Å². The van der Waals surface area contributed by atoms with Crippen molar-refractivity contribution in [2.45, 2.75) is 26.3 Å². The minimum absolute atomic E-state index is 0.608. The van der Waals surface area contributed by atoms with E-state index in [1.807, 2.05) is 18.2 Å². The van der Waals surface area contributed by atoms with Gasteiger partial charge in [0.25, 0.3) is 0 Å². The zero-order valence-electron chi connectivity index (χ0n) is 12.0. The third-order valence-electron chi connectivity index (χ3n) is 4.93. The Morgan fingerprint density at radius 1 is 1.05 bits per heavy atom. The Morgan fingerprint density at radius 3 is 2.20 bits per heavy atom. The second-order valence-electron chi connectivity index (χ2n) is 6.28. The normalized spacial score (nSPS) is 22.9. The van der Waals surface area contributed by atoms with Gasteiger partial charge < -0.3 is 4.90 Å². The Morgan fingerprint density at radius 2 is 1.65 bits per heavy atom. The van der Waals surface area contributed by atoms with Crippen LogP contribution < -0.4 is 0 Å². The molecule has 0 atom stereocenters. The van der Waals surface area contributed by atoms with Crippen LogP contribution in [0.5, 0.6) is 0 Å². The summed E-state index contributed by atoms with van der Waals surface area (Å²) in [6.45, 7) is 9.25. The van der Waals surface area contributed by atoms with Crippen molar-refractivity contribution in [1.82, 2.24) is 9.80 Å². The van der Waals surface area contributed by atoms with Gasteiger partial charge in [-0.3, -0.25) is 4.90 Å². The fourth-order valence-electron chi connectivity index (χ4n) is 3.53. The van der Waals surface area contributed by atoms with Crippen LogP contribution in [0.4, 0.5) is 0 Å². The Kier molecular flexibility index (Phi) is 4.28.